The van der Waals surface area contributed by atoms with E-state index in [0.29, 0.717) is 11.4 Å². The predicted octanol–water partition coefficient (Wildman–Crippen LogP) is 2.76. The Bertz CT molecular complexity index is 937. The lowest BCUT2D eigenvalue weighted by atomic mass is 10.1. The normalized spacial score (nSPS) is 14.0. The van der Waals surface area contributed by atoms with E-state index in [1.165, 1.54) is 0 Å². The van der Waals surface area contributed by atoms with Gasteiger partial charge in [0.1, 0.15) is 5.82 Å². The van der Waals surface area contributed by atoms with Crippen molar-refractivity contribution in [2.75, 3.05) is 41.3 Å². The van der Waals surface area contributed by atoms with Gasteiger partial charge in [0.25, 0.3) is 5.91 Å². The molecule has 2 aromatic heterocycles. The average Bonchev–Trinajstić information content (AvgIpc) is 2.75. The lowest BCUT2D eigenvalue weighted by Gasteiger charge is -2.35. The van der Waals surface area contributed by atoms with Crippen LogP contribution in [0.5, 0.6) is 0 Å². The minimum absolute atomic E-state index is 0.144. The van der Waals surface area contributed by atoms with Crippen LogP contribution in [0.3, 0.4) is 0 Å². The number of aryl methyl sites for hydroxylation is 1. The van der Waals surface area contributed by atoms with Crippen molar-refractivity contribution in [1.29, 1.82) is 0 Å². The standard InChI is InChI=1S/C21H22N6O/c1-16-5-2-3-6-18(16)20(28)25-19-8-7-17(15-24-19)26-11-13-27(14-12-26)21-22-9-4-10-23-21/h2-10,15H,11-14H2,1H3,(H,24,25,28). The quantitative estimate of drug-likeness (QED) is 0.757. The number of hydrogen-bond acceptors (Lipinski definition) is 6. The molecule has 0 spiro atoms. The number of amides is 1. The highest BCUT2D eigenvalue weighted by molar-refractivity contribution is 6.04. The molecule has 0 saturated carbocycles. The van der Waals surface area contributed by atoms with Crippen LogP contribution < -0.4 is 15.1 Å². The number of piperazine rings is 1. The molecule has 0 radical (unpaired) electrons. The van der Waals surface area contributed by atoms with Crippen molar-refractivity contribution in [1.82, 2.24) is 15.0 Å². The smallest absolute Gasteiger partial charge is 0.257 e. The van der Waals surface area contributed by atoms with Gasteiger partial charge in [-0.25, -0.2) is 15.0 Å². The first-order valence-corrected chi connectivity index (χ1v) is 9.31. The van der Waals surface area contributed by atoms with Crippen molar-refractivity contribution in [2.45, 2.75) is 6.92 Å². The van der Waals surface area contributed by atoms with E-state index in [2.05, 4.69) is 30.1 Å². The molecular formula is C21H22N6O. The maximum atomic E-state index is 12.4. The zero-order chi connectivity index (χ0) is 19.3. The van der Waals surface area contributed by atoms with Gasteiger partial charge in [-0.3, -0.25) is 4.79 Å². The molecule has 1 aliphatic rings. The molecule has 1 aliphatic heterocycles. The van der Waals surface area contributed by atoms with Crippen molar-refractivity contribution >= 4 is 23.4 Å². The van der Waals surface area contributed by atoms with Crippen LogP contribution in [0.15, 0.2) is 61.1 Å². The molecule has 1 aromatic carbocycles. The van der Waals surface area contributed by atoms with Crippen molar-refractivity contribution in [2.24, 2.45) is 0 Å². The van der Waals surface area contributed by atoms with Gasteiger partial charge in [-0.15, -0.1) is 0 Å². The monoisotopic (exact) mass is 374 g/mol. The van der Waals surface area contributed by atoms with Gasteiger partial charge in [0, 0.05) is 44.1 Å². The number of rotatable bonds is 4. The number of benzene rings is 1. The number of carbonyl (C=O) groups excluding carboxylic acids is 1. The molecule has 28 heavy (non-hydrogen) atoms. The third kappa shape index (κ3) is 3.93. The second-order valence-electron chi connectivity index (χ2n) is 6.69. The molecule has 0 unspecified atom stereocenters. The van der Waals surface area contributed by atoms with Gasteiger partial charge in [-0.1, -0.05) is 18.2 Å². The molecule has 0 aliphatic carbocycles. The first-order chi connectivity index (χ1) is 13.7. The van der Waals surface area contributed by atoms with Crippen molar-refractivity contribution in [3.8, 4) is 0 Å². The average molecular weight is 374 g/mol. The van der Waals surface area contributed by atoms with Gasteiger partial charge < -0.3 is 15.1 Å². The predicted molar refractivity (Wildman–Crippen MR) is 110 cm³/mol. The zero-order valence-corrected chi connectivity index (χ0v) is 15.7. The molecule has 0 atom stereocenters. The maximum Gasteiger partial charge on any atom is 0.257 e. The summed E-state index contributed by atoms with van der Waals surface area (Å²) in [7, 11) is 0. The molecule has 7 nitrogen and oxygen atoms in total. The van der Waals surface area contributed by atoms with Crippen LogP contribution >= 0.6 is 0 Å². The largest absolute Gasteiger partial charge is 0.367 e. The Balaban J connectivity index is 1.36. The maximum absolute atomic E-state index is 12.4. The van der Waals surface area contributed by atoms with Gasteiger partial charge in [-0.2, -0.15) is 0 Å². The number of anilines is 3. The number of aromatic nitrogens is 3. The number of nitrogens with one attached hydrogen (secondary N) is 1. The summed E-state index contributed by atoms with van der Waals surface area (Å²) in [6, 6.07) is 13.2. The molecule has 1 N–H and O–H groups in total. The summed E-state index contributed by atoms with van der Waals surface area (Å²) in [5.74, 6) is 1.18. The Kier molecular flexibility index (Phi) is 5.14. The third-order valence-electron chi connectivity index (χ3n) is 4.86. The summed E-state index contributed by atoms with van der Waals surface area (Å²) in [5, 5.41) is 2.86. The van der Waals surface area contributed by atoms with Crippen molar-refractivity contribution in [3.63, 3.8) is 0 Å². The van der Waals surface area contributed by atoms with Gasteiger partial charge >= 0.3 is 0 Å². The highest BCUT2D eigenvalue weighted by atomic mass is 16.1. The van der Waals surface area contributed by atoms with Gasteiger partial charge in [0.15, 0.2) is 0 Å². The molecule has 1 fully saturated rings. The number of nitrogens with zero attached hydrogens (tertiary/aromatic N) is 5. The van der Waals surface area contributed by atoms with Crippen LogP contribution in [-0.4, -0.2) is 47.0 Å². The Labute approximate surface area is 164 Å². The Morgan fingerprint density at radius 2 is 1.61 bits per heavy atom. The minimum Gasteiger partial charge on any atom is -0.367 e. The summed E-state index contributed by atoms with van der Waals surface area (Å²) < 4.78 is 0. The SMILES string of the molecule is Cc1ccccc1C(=O)Nc1ccc(N2CCN(c3ncccn3)CC2)cn1. The second kappa shape index (κ2) is 8.04. The van der Waals surface area contributed by atoms with Gasteiger partial charge in [-0.05, 0) is 36.8 Å². The number of pyridine rings is 1. The fraction of sp³-hybridized carbons (Fsp3) is 0.238. The molecule has 1 saturated heterocycles. The molecule has 142 valence electrons. The lowest BCUT2D eigenvalue weighted by Crippen LogP contribution is -2.47. The molecule has 3 heterocycles. The first kappa shape index (κ1) is 17.9. The number of carbonyl (C=O) groups is 1. The molecule has 0 bridgehead atoms. The fourth-order valence-corrected chi connectivity index (χ4v) is 3.28. The molecule has 3 aromatic rings. The summed E-state index contributed by atoms with van der Waals surface area (Å²) >= 11 is 0. The molecular weight excluding hydrogens is 352 g/mol. The number of hydrogen-bond donors (Lipinski definition) is 1. The highest BCUT2D eigenvalue weighted by Gasteiger charge is 2.19. The van der Waals surface area contributed by atoms with E-state index in [1.807, 2.05) is 55.6 Å². The van der Waals surface area contributed by atoms with Crippen LogP contribution in [-0.2, 0) is 0 Å². The van der Waals surface area contributed by atoms with Crippen LogP contribution in [0, 0.1) is 6.92 Å². The van der Waals surface area contributed by atoms with Crippen LogP contribution in [0.1, 0.15) is 15.9 Å². The van der Waals surface area contributed by atoms with E-state index >= 15 is 0 Å². The fourth-order valence-electron chi connectivity index (χ4n) is 3.28. The summed E-state index contributed by atoms with van der Waals surface area (Å²) in [5.41, 5.74) is 2.65. The highest BCUT2D eigenvalue weighted by Crippen LogP contribution is 2.19. The van der Waals surface area contributed by atoms with Crippen molar-refractivity contribution < 1.29 is 4.79 Å². The summed E-state index contributed by atoms with van der Waals surface area (Å²) in [6.07, 6.45) is 5.34. The summed E-state index contributed by atoms with van der Waals surface area (Å²) in [4.78, 5) is 29.9. The summed E-state index contributed by atoms with van der Waals surface area (Å²) in [6.45, 7) is 5.38. The van der Waals surface area contributed by atoms with E-state index in [-0.39, 0.29) is 5.91 Å². The van der Waals surface area contributed by atoms with E-state index in [1.54, 1.807) is 12.4 Å². The molecule has 7 heteroatoms. The Morgan fingerprint density at radius 1 is 0.893 bits per heavy atom. The topological polar surface area (TPSA) is 74.2 Å². The van der Waals surface area contributed by atoms with E-state index in [0.717, 1.165) is 43.4 Å². The first-order valence-electron chi connectivity index (χ1n) is 9.31. The van der Waals surface area contributed by atoms with E-state index in [4.69, 9.17) is 0 Å². The van der Waals surface area contributed by atoms with E-state index < -0.39 is 0 Å². The van der Waals surface area contributed by atoms with E-state index in [9.17, 15) is 4.79 Å². The molecule has 1 amide bonds. The van der Waals surface area contributed by atoms with Crippen LogP contribution in [0.4, 0.5) is 17.5 Å². The van der Waals surface area contributed by atoms with Gasteiger partial charge in [0.05, 0.1) is 11.9 Å². The molecule has 4 rings (SSSR count). The van der Waals surface area contributed by atoms with Gasteiger partial charge in [0.2, 0.25) is 5.95 Å². The second-order valence-corrected chi connectivity index (χ2v) is 6.69. The third-order valence-corrected chi connectivity index (χ3v) is 4.86. The van der Waals surface area contributed by atoms with Crippen LogP contribution in [0.2, 0.25) is 0 Å². The zero-order valence-electron chi connectivity index (χ0n) is 15.7. The Hall–Kier alpha value is -3.48. The minimum atomic E-state index is -0.144. The lowest BCUT2D eigenvalue weighted by molar-refractivity contribution is 0.102. The Morgan fingerprint density at radius 3 is 2.29 bits per heavy atom. The van der Waals surface area contributed by atoms with Crippen LogP contribution in [0.25, 0.3) is 0 Å². The van der Waals surface area contributed by atoms with Crippen molar-refractivity contribution in [3.05, 3.63) is 72.2 Å².